The number of urea groups is 1. The molecule has 0 spiro atoms. The molecule has 0 radical (unpaired) electrons. The fourth-order valence-corrected chi connectivity index (χ4v) is 2.76. The van der Waals surface area contributed by atoms with Gasteiger partial charge in [0.05, 0.1) is 6.04 Å². The Morgan fingerprint density at radius 2 is 2.13 bits per heavy atom. The zero-order valence-electron chi connectivity index (χ0n) is 14.4. The van der Waals surface area contributed by atoms with Gasteiger partial charge in [-0.2, -0.15) is 0 Å². The highest BCUT2D eigenvalue weighted by atomic mass is 16.5. The number of piperazine rings is 1. The number of hydrogen-bond acceptors (Lipinski definition) is 5. The van der Waals surface area contributed by atoms with E-state index in [1.807, 2.05) is 16.4 Å². The predicted octanol–water partition coefficient (Wildman–Crippen LogP) is 0.723. The highest BCUT2D eigenvalue weighted by Gasteiger charge is 2.23. The summed E-state index contributed by atoms with van der Waals surface area (Å²) in [6.45, 7) is 10.0. The number of rotatable bonds is 7. The van der Waals surface area contributed by atoms with Gasteiger partial charge in [0.1, 0.15) is 6.33 Å². The van der Waals surface area contributed by atoms with Crippen LogP contribution in [-0.2, 0) is 11.3 Å². The van der Waals surface area contributed by atoms with Crippen molar-refractivity contribution >= 4 is 6.03 Å². The first kappa shape index (κ1) is 17.7. The van der Waals surface area contributed by atoms with Gasteiger partial charge in [-0.3, -0.25) is 0 Å². The molecule has 1 aliphatic heterocycles. The number of nitrogens with zero attached hydrogens (tertiary/aromatic N) is 5. The first-order valence-electron chi connectivity index (χ1n) is 8.30. The summed E-state index contributed by atoms with van der Waals surface area (Å²) in [4.78, 5) is 16.6. The van der Waals surface area contributed by atoms with Crippen molar-refractivity contribution in [1.29, 1.82) is 0 Å². The maximum atomic E-state index is 12.4. The second-order valence-corrected chi connectivity index (χ2v) is 5.82. The molecule has 1 aliphatic rings. The Hall–Kier alpha value is -1.67. The Balaban J connectivity index is 1.85. The van der Waals surface area contributed by atoms with Gasteiger partial charge < -0.3 is 24.4 Å². The number of likely N-dealkylation sites (N-methyl/N-ethyl adjacent to an activating group) is 1. The number of amides is 2. The molecular formula is C15H28N6O2. The lowest BCUT2D eigenvalue weighted by Crippen LogP contribution is -2.52. The van der Waals surface area contributed by atoms with Crippen LogP contribution in [0.25, 0.3) is 0 Å². The van der Waals surface area contributed by atoms with E-state index in [4.69, 9.17) is 4.74 Å². The predicted molar refractivity (Wildman–Crippen MR) is 87.1 cm³/mol. The molecule has 2 rings (SSSR count). The monoisotopic (exact) mass is 324 g/mol. The minimum absolute atomic E-state index is 0.0281. The van der Waals surface area contributed by atoms with Gasteiger partial charge in [-0.05, 0) is 19.9 Å². The Kier molecular flexibility index (Phi) is 6.79. The first-order chi connectivity index (χ1) is 11.2. The summed E-state index contributed by atoms with van der Waals surface area (Å²) in [5.74, 6) is 0.779. The van der Waals surface area contributed by atoms with Crippen molar-refractivity contribution in [2.45, 2.75) is 32.9 Å². The highest BCUT2D eigenvalue weighted by molar-refractivity contribution is 5.74. The van der Waals surface area contributed by atoms with E-state index >= 15 is 0 Å². The molecule has 0 aliphatic carbocycles. The molecule has 1 aromatic rings. The summed E-state index contributed by atoms with van der Waals surface area (Å²) in [6, 6.07) is -0.198. The van der Waals surface area contributed by atoms with E-state index in [9.17, 15) is 4.79 Å². The minimum atomic E-state index is -0.170. The standard InChI is InChI=1S/C15H28N6O2/c1-4-19-7-9-20(10-8-19)15(22)17-13(2)14-18-16-12-21(14)6-5-11-23-3/h12-13H,4-11H2,1-3H3,(H,17,22)/t13-/m1/s1. The number of aryl methyl sites for hydroxylation is 1. The summed E-state index contributed by atoms with van der Waals surface area (Å²) in [5, 5.41) is 11.1. The lowest BCUT2D eigenvalue weighted by Gasteiger charge is -2.34. The van der Waals surface area contributed by atoms with Crippen LogP contribution in [0.4, 0.5) is 4.79 Å². The van der Waals surface area contributed by atoms with Crippen molar-refractivity contribution in [2.24, 2.45) is 0 Å². The van der Waals surface area contributed by atoms with Gasteiger partial charge in [0, 0.05) is 46.4 Å². The average Bonchev–Trinajstić information content (AvgIpc) is 3.03. The number of carbonyl (C=O) groups excluding carboxylic acids is 1. The molecule has 8 heteroatoms. The third kappa shape index (κ3) is 4.90. The first-order valence-corrected chi connectivity index (χ1v) is 8.30. The second kappa shape index (κ2) is 8.83. The van der Waals surface area contributed by atoms with Crippen LogP contribution in [0, 0.1) is 0 Å². The topological polar surface area (TPSA) is 75.5 Å². The van der Waals surface area contributed by atoms with Gasteiger partial charge in [-0.25, -0.2) is 4.79 Å². The Labute approximate surface area is 137 Å². The molecule has 130 valence electrons. The third-order valence-electron chi connectivity index (χ3n) is 4.23. The molecule has 0 bridgehead atoms. The van der Waals surface area contributed by atoms with Crippen molar-refractivity contribution in [3.8, 4) is 0 Å². The number of carbonyl (C=O) groups is 1. The third-order valence-corrected chi connectivity index (χ3v) is 4.23. The van der Waals surface area contributed by atoms with E-state index in [2.05, 4.69) is 27.3 Å². The van der Waals surface area contributed by atoms with Crippen LogP contribution in [0.15, 0.2) is 6.33 Å². The average molecular weight is 324 g/mol. The van der Waals surface area contributed by atoms with Crippen LogP contribution in [0.1, 0.15) is 32.1 Å². The molecule has 0 unspecified atom stereocenters. The maximum absolute atomic E-state index is 12.4. The zero-order valence-corrected chi connectivity index (χ0v) is 14.4. The SMILES string of the molecule is CCN1CCN(C(=O)N[C@H](C)c2nncn2CCCOC)CC1. The molecular weight excluding hydrogens is 296 g/mol. The van der Waals surface area contributed by atoms with Crippen molar-refractivity contribution < 1.29 is 9.53 Å². The van der Waals surface area contributed by atoms with E-state index in [0.29, 0.717) is 6.61 Å². The molecule has 1 N–H and O–H groups in total. The largest absolute Gasteiger partial charge is 0.385 e. The van der Waals surface area contributed by atoms with Gasteiger partial charge in [0.2, 0.25) is 0 Å². The molecule has 1 aromatic heterocycles. The summed E-state index contributed by atoms with van der Waals surface area (Å²) < 4.78 is 7.04. The molecule has 0 saturated carbocycles. The van der Waals surface area contributed by atoms with Crippen LogP contribution < -0.4 is 5.32 Å². The molecule has 23 heavy (non-hydrogen) atoms. The molecule has 8 nitrogen and oxygen atoms in total. The molecule has 1 saturated heterocycles. The summed E-state index contributed by atoms with van der Waals surface area (Å²) in [5.41, 5.74) is 0. The second-order valence-electron chi connectivity index (χ2n) is 5.82. The molecule has 0 aromatic carbocycles. The van der Waals surface area contributed by atoms with Crippen molar-refractivity contribution in [3.63, 3.8) is 0 Å². The maximum Gasteiger partial charge on any atom is 0.318 e. The van der Waals surface area contributed by atoms with Gasteiger partial charge in [-0.1, -0.05) is 6.92 Å². The fourth-order valence-electron chi connectivity index (χ4n) is 2.76. The van der Waals surface area contributed by atoms with E-state index in [0.717, 1.165) is 51.5 Å². The van der Waals surface area contributed by atoms with Crippen LogP contribution in [0.5, 0.6) is 0 Å². The van der Waals surface area contributed by atoms with Crippen LogP contribution in [0.3, 0.4) is 0 Å². The Morgan fingerprint density at radius 1 is 1.39 bits per heavy atom. The molecule has 1 fully saturated rings. The quantitative estimate of drug-likeness (QED) is 0.748. The van der Waals surface area contributed by atoms with Crippen LogP contribution >= 0.6 is 0 Å². The fraction of sp³-hybridized carbons (Fsp3) is 0.800. The lowest BCUT2D eigenvalue weighted by molar-refractivity contribution is 0.140. The summed E-state index contributed by atoms with van der Waals surface area (Å²) in [7, 11) is 1.69. The van der Waals surface area contributed by atoms with Crippen molar-refractivity contribution in [1.82, 2.24) is 29.9 Å². The van der Waals surface area contributed by atoms with Gasteiger partial charge in [0.15, 0.2) is 5.82 Å². The van der Waals surface area contributed by atoms with E-state index in [-0.39, 0.29) is 12.1 Å². The number of hydrogen-bond donors (Lipinski definition) is 1. The van der Waals surface area contributed by atoms with Gasteiger partial charge >= 0.3 is 6.03 Å². The number of ether oxygens (including phenoxy) is 1. The molecule has 2 heterocycles. The number of aromatic nitrogens is 3. The van der Waals surface area contributed by atoms with Crippen molar-refractivity contribution in [3.05, 3.63) is 12.2 Å². The molecule has 2 amide bonds. The summed E-state index contributed by atoms with van der Waals surface area (Å²) >= 11 is 0. The van der Waals surface area contributed by atoms with Crippen LogP contribution in [0.2, 0.25) is 0 Å². The highest BCUT2D eigenvalue weighted by Crippen LogP contribution is 2.11. The van der Waals surface area contributed by atoms with E-state index < -0.39 is 0 Å². The number of nitrogens with one attached hydrogen (secondary N) is 1. The summed E-state index contributed by atoms with van der Waals surface area (Å²) in [6.07, 6.45) is 2.59. The lowest BCUT2D eigenvalue weighted by atomic mass is 10.3. The van der Waals surface area contributed by atoms with Crippen molar-refractivity contribution in [2.75, 3.05) is 46.4 Å². The Bertz CT molecular complexity index is 484. The normalized spacial score (nSPS) is 17.3. The van der Waals surface area contributed by atoms with E-state index in [1.54, 1.807) is 13.4 Å². The number of methoxy groups -OCH3 is 1. The van der Waals surface area contributed by atoms with Gasteiger partial charge in [0.25, 0.3) is 0 Å². The molecule has 1 atom stereocenters. The van der Waals surface area contributed by atoms with E-state index in [1.165, 1.54) is 0 Å². The Morgan fingerprint density at radius 3 is 2.78 bits per heavy atom. The smallest absolute Gasteiger partial charge is 0.318 e. The van der Waals surface area contributed by atoms with Crippen LogP contribution in [-0.4, -0.2) is 77.0 Å². The zero-order chi connectivity index (χ0) is 16.7. The van der Waals surface area contributed by atoms with Gasteiger partial charge in [-0.15, -0.1) is 10.2 Å². The minimum Gasteiger partial charge on any atom is -0.385 e.